The molecule has 2 saturated heterocycles. The number of morpholine rings is 1. The first-order valence-corrected chi connectivity index (χ1v) is 9.25. The zero-order valence-corrected chi connectivity index (χ0v) is 18.0. The van der Waals surface area contributed by atoms with E-state index in [0.29, 0.717) is 12.5 Å². The molecule has 2 unspecified atom stereocenters. The molecule has 148 valence electrons. The number of aliphatic imine (C=N–C) groups is 1. The standard InChI is InChI=1S/C17H34N4O3.HI/c1-3-18-17(20-11-16-12-21(2)7-10-24-16)19-6-4-8-22-13-15-5-9-23-14-15;/h15-16H,3-14H2,1-2H3,(H2,18,19,20);1H. The fourth-order valence-electron chi connectivity index (χ4n) is 2.86. The second kappa shape index (κ2) is 14.0. The van der Waals surface area contributed by atoms with Gasteiger partial charge in [0.15, 0.2) is 5.96 Å². The molecule has 0 spiro atoms. The Morgan fingerprint density at radius 1 is 1.32 bits per heavy atom. The van der Waals surface area contributed by atoms with Crippen molar-refractivity contribution >= 4 is 29.9 Å². The molecule has 2 N–H and O–H groups in total. The lowest BCUT2D eigenvalue weighted by atomic mass is 10.1. The highest BCUT2D eigenvalue weighted by Gasteiger charge is 2.17. The quantitative estimate of drug-likeness (QED) is 0.226. The van der Waals surface area contributed by atoms with Gasteiger partial charge in [-0.05, 0) is 26.8 Å². The third-order valence-electron chi connectivity index (χ3n) is 4.27. The average Bonchev–Trinajstić information content (AvgIpc) is 3.09. The maximum atomic E-state index is 5.75. The highest BCUT2D eigenvalue weighted by Crippen LogP contribution is 2.12. The van der Waals surface area contributed by atoms with Crippen LogP contribution >= 0.6 is 24.0 Å². The van der Waals surface area contributed by atoms with Crippen LogP contribution in [0.2, 0.25) is 0 Å². The SMILES string of the molecule is CCNC(=NCC1CN(C)CCO1)NCCCOCC1CCOC1.I. The number of hydrogen-bond acceptors (Lipinski definition) is 5. The molecule has 2 fully saturated rings. The van der Waals surface area contributed by atoms with Gasteiger partial charge in [0.2, 0.25) is 0 Å². The molecule has 8 heteroatoms. The molecule has 2 aliphatic rings. The first-order chi connectivity index (χ1) is 11.8. The van der Waals surface area contributed by atoms with E-state index in [9.17, 15) is 0 Å². The van der Waals surface area contributed by atoms with Crippen molar-refractivity contribution in [1.29, 1.82) is 0 Å². The van der Waals surface area contributed by atoms with Crippen LogP contribution in [-0.2, 0) is 14.2 Å². The van der Waals surface area contributed by atoms with Gasteiger partial charge in [0.05, 0.1) is 32.5 Å². The number of rotatable bonds is 9. The zero-order valence-electron chi connectivity index (χ0n) is 15.7. The number of hydrogen-bond donors (Lipinski definition) is 2. The van der Waals surface area contributed by atoms with Crippen molar-refractivity contribution in [2.45, 2.75) is 25.9 Å². The zero-order chi connectivity index (χ0) is 17.0. The summed E-state index contributed by atoms with van der Waals surface area (Å²) in [6.07, 6.45) is 2.30. The van der Waals surface area contributed by atoms with E-state index in [-0.39, 0.29) is 30.1 Å². The summed E-state index contributed by atoms with van der Waals surface area (Å²) in [7, 11) is 2.13. The number of likely N-dealkylation sites (N-methyl/N-ethyl adjacent to an activating group) is 1. The van der Waals surface area contributed by atoms with Crippen molar-refractivity contribution in [1.82, 2.24) is 15.5 Å². The van der Waals surface area contributed by atoms with Gasteiger partial charge >= 0.3 is 0 Å². The Balaban J connectivity index is 0.00000312. The predicted octanol–water partition coefficient (Wildman–Crippen LogP) is 0.933. The van der Waals surface area contributed by atoms with Gasteiger partial charge in [0.1, 0.15) is 0 Å². The first-order valence-electron chi connectivity index (χ1n) is 9.25. The van der Waals surface area contributed by atoms with Crippen LogP contribution in [0.25, 0.3) is 0 Å². The Hall–Kier alpha value is -0.160. The molecule has 25 heavy (non-hydrogen) atoms. The molecule has 2 heterocycles. The van der Waals surface area contributed by atoms with Crippen LogP contribution in [0.1, 0.15) is 19.8 Å². The van der Waals surface area contributed by atoms with E-state index in [4.69, 9.17) is 14.2 Å². The number of nitrogens with one attached hydrogen (secondary N) is 2. The van der Waals surface area contributed by atoms with E-state index in [1.54, 1.807) is 0 Å². The number of halogens is 1. The highest BCUT2D eigenvalue weighted by atomic mass is 127. The predicted molar refractivity (Wildman–Crippen MR) is 111 cm³/mol. The normalized spacial score (nSPS) is 24.8. The Morgan fingerprint density at radius 3 is 2.92 bits per heavy atom. The fraction of sp³-hybridized carbons (Fsp3) is 0.941. The molecular formula is C17H35IN4O3. The monoisotopic (exact) mass is 470 g/mol. The summed E-state index contributed by atoms with van der Waals surface area (Å²) in [6, 6.07) is 0. The molecule has 0 saturated carbocycles. The summed E-state index contributed by atoms with van der Waals surface area (Å²) in [6.45, 7) is 10.6. The molecular weight excluding hydrogens is 435 g/mol. The average molecular weight is 470 g/mol. The third-order valence-corrected chi connectivity index (χ3v) is 4.27. The number of guanidine groups is 1. The summed E-state index contributed by atoms with van der Waals surface area (Å²) in [4.78, 5) is 6.93. The minimum atomic E-state index is 0. The topological polar surface area (TPSA) is 67.4 Å². The molecule has 0 amide bonds. The summed E-state index contributed by atoms with van der Waals surface area (Å²) in [5, 5.41) is 6.65. The van der Waals surface area contributed by atoms with Crippen LogP contribution in [0.3, 0.4) is 0 Å². The van der Waals surface area contributed by atoms with Gasteiger partial charge in [-0.15, -0.1) is 24.0 Å². The van der Waals surface area contributed by atoms with E-state index in [1.807, 2.05) is 0 Å². The van der Waals surface area contributed by atoms with Gasteiger partial charge < -0.3 is 29.7 Å². The van der Waals surface area contributed by atoms with E-state index in [2.05, 4.69) is 34.5 Å². The van der Waals surface area contributed by atoms with Gasteiger partial charge in [-0.1, -0.05) is 0 Å². The molecule has 0 aromatic carbocycles. The van der Waals surface area contributed by atoms with Gasteiger partial charge in [-0.3, -0.25) is 4.99 Å². The van der Waals surface area contributed by atoms with Crippen LogP contribution in [0, 0.1) is 5.92 Å². The fourth-order valence-corrected chi connectivity index (χ4v) is 2.86. The van der Waals surface area contributed by atoms with Gasteiger partial charge in [-0.25, -0.2) is 0 Å². The second-order valence-corrected chi connectivity index (χ2v) is 6.56. The van der Waals surface area contributed by atoms with Gasteiger partial charge in [0.25, 0.3) is 0 Å². The van der Waals surface area contributed by atoms with E-state index < -0.39 is 0 Å². The number of nitrogens with zero attached hydrogens (tertiary/aromatic N) is 2. The summed E-state index contributed by atoms with van der Waals surface area (Å²) < 4.78 is 16.8. The van der Waals surface area contributed by atoms with Crippen LogP contribution in [0.15, 0.2) is 4.99 Å². The van der Waals surface area contributed by atoms with Gasteiger partial charge in [0, 0.05) is 45.3 Å². The number of ether oxygens (including phenoxy) is 3. The Labute approximate surface area is 169 Å². The maximum absolute atomic E-state index is 5.75. The van der Waals surface area contributed by atoms with Crippen LogP contribution < -0.4 is 10.6 Å². The molecule has 2 atom stereocenters. The molecule has 0 aromatic heterocycles. The maximum Gasteiger partial charge on any atom is 0.191 e. The van der Waals surface area contributed by atoms with Crippen molar-refractivity contribution in [3.05, 3.63) is 0 Å². The molecule has 0 radical (unpaired) electrons. The van der Waals surface area contributed by atoms with Crippen molar-refractivity contribution < 1.29 is 14.2 Å². The summed E-state index contributed by atoms with van der Waals surface area (Å²) >= 11 is 0. The van der Waals surface area contributed by atoms with E-state index >= 15 is 0 Å². The van der Waals surface area contributed by atoms with Crippen molar-refractivity contribution in [3.63, 3.8) is 0 Å². The van der Waals surface area contributed by atoms with Crippen LogP contribution in [-0.4, -0.2) is 89.8 Å². The van der Waals surface area contributed by atoms with Crippen molar-refractivity contribution in [3.8, 4) is 0 Å². The molecule has 0 aromatic rings. The summed E-state index contributed by atoms with van der Waals surface area (Å²) in [5.41, 5.74) is 0. The Kier molecular flexibility index (Phi) is 12.8. The highest BCUT2D eigenvalue weighted by molar-refractivity contribution is 14.0. The van der Waals surface area contributed by atoms with Crippen LogP contribution in [0.5, 0.6) is 0 Å². The summed E-state index contributed by atoms with van der Waals surface area (Å²) in [5.74, 6) is 1.45. The van der Waals surface area contributed by atoms with E-state index in [0.717, 1.165) is 78.0 Å². The largest absolute Gasteiger partial charge is 0.381 e. The van der Waals surface area contributed by atoms with Crippen LogP contribution in [0.4, 0.5) is 0 Å². The smallest absolute Gasteiger partial charge is 0.191 e. The lowest BCUT2D eigenvalue weighted by Crippen LogP contribution is -2.43. The molecule has 2 aliphatic heterocycles. The van der Waals surface area contributed by atoms with Crippen molar-refractivity contribution in [2.75, 3.05) is 72.8 Å². The second-order valence-electron chi connectivity index (χ2n) is 6.56. The van der Waals surface area contributed by atoms with E-state index in [1.165, 1.54) is 0 Å². The molecule has 0 aliphatic carbocycles. The minimum Gasteiger partial charge on any atom is -0.381 e. The molecule has 2 rings (SSSR count). The Bertz CT molecular complexity index is 368. The Morgan fingerprint density at radius 2 is 2.20 bits per heavy atom. The van der Waals surface area contributed by atoms with Crippen molar-refractivity contribution in [2.24, 2.45) is 10.9 Å². The lowest BCUT2D eigenvalue weighted by molar-refractivity contribution is -0.0136. The molecule has 0 bridgehead atoms. The lowest BCUT2D eigenvalue weighted by Gasteiger charge is -2.29. The first kappa shape index (κ1) is 22.9. The third kappa shape index (κ3) is 9.93. The minimum absolute atomic E-state index is 0. The molecule has 7 nitrogen and oxygen atoms in total. The van der Waals surface area contributed by atoms with Gasteiger partial charge in [-0.2, -0.15) is 0 Å².